The zero-order valence-corrected chi connectivity index (χ0v) is 12.1. The van der Waals surface area contributed by atoms with Gasteiger partial charge in [0.2, 0.25) is 0 Å². The Bertz CT molecular complexity index is 1000. The first-order valence-corrected chi connectivity index (χ1v) is 8.28. The maximum atomic E-state index is 11.4. The molecule has 0 amide bonds. The van der Waals surface area contributed by atoms with Gasteiger partial charge in [0, 0.05) is 5.39 Å². The van der Waals surface area contributed by atoms with E-state index in [1.165, 1.54) is 0 Å². The molecule has 2 rings (SSSR count). The number of aromatic carboxylic acids is 1. The highest BCUT2D eigenvalue weighted by atomic mass is 32.2. The third-order valence-electron chi connectivity index (χ3n) is 2.81. The maximum Gasteiger partial charge on any atom is 0.339 e. The number of aromatic hydroxyl groups is 1. The number of carboxylic acids is 1. The summed E-state index contributed by atoms with van der Waals surface area (Å²) in [5.41, 5.74) is -0.642. The van der Waals surface area contributed by atoms with Crippen molar-refractivity contribution in [3.05, 3.63) is 29.8 Å². The molecule has 0 aliphatic heterocycles. The largest absolute Gasteiger partial charge is 0.507 e. The van der Waals surface area contributed by atoms with Crippen LogP contribution in [0.15, 0.2) is 34.1 Å². The van der Waals surface area contributed by atoms with E-state index in [-0.39, 0.29) is 10.8 Å². The lowest BCUT2D eigenvalue weighted by molar-refractivity contribution is 0.0694. The number of hydrogen-bond acceptors (Lipinski definition) is 6. The van der Waals surface area contributed by atoms with E-state index in [1.54, 1.807) is 0 Å². The minimum atomic E-state index is -4.92. The maximum absolute atomic E-state index is 11.4. The molecule has 0 fully saturated rings. The summed E-state index contributed by atoms with van der Waals surface area (Å²) in [6.45, 7) is 0. The number of benzene rings is 2. The summed E-state index contributed by atoms with van der Waals surface area (Å²) in [5.74, 6) is -2.30. The number of rotatable bonds is 3. The molecule has 0 aliphatic rings. The van der Waals surface area contributed by atoms with E-state index in [0.29, 0.717) is 6.07 Å². The Morgan fingerprint density at radius 3 is 1.95 bits per heavy atom. The van der Waals surface area contributed by atoms with E-state index in [0.717, 1.165) is 18.2 Å². The van der Waals surface area contributed by atoms with Crippen molar-refractivity contribution >= 4 is 37.0 Å². The predicted octanol–water partition coefficient (Wildman–Crippen LogP) is 0.737. The van der Waals surface area contributed by atoms with E-state index in [4.69, 9.17) is 14.2 Å². The molecule has 4 N–H and O–H groups in total. The second-order valence-electron chi connectivity index (χ2n) is 4.27. The van der Waals surface area contributed by atoms with E-state index < -0.39 is 47.3 Å². The van der Waals surface area contributed by atoms with Crippen LogP contribution < -0.4 is 0 Å². The molecule has 22 heavy (non-hydrogen) atoms. The lowest BCUT2D eigenvalue weighted by Gasteiger charge is -2.09. The second-order valence-corrected chi connectivity index (χ2v) is 7.08. The molecule has 0 atom stereocenters. The summed E-state index contributed by atoms with van der Waals surface area (Å²) < 4.78 is 63.2. The van der Waals surface area contributed by atoms with Gasteiger partial charge in [-0.1, -0.05) is 0 Å². The van der Waals surface area contributed by atoms with Gasteiger partial charge in [0.1, 0.15) is 16.2 Å². The average Bonchev–Trinajstić information content (AvgIpc) is 2.33. The van der Waals surface area contributed by atoms with Crippen molar-refractivity contribution in [2.24, 2.45) is 0 Å². The molecule has 0 radical (unpaired) electrons. The molecule has 2 aromatic carbocycles. The number of hydrogen-bond donors (Lipinski definition) is 4. The highest BCUT2D eigenvalue weighted by Crippen LogP contribution is 2.32. The van der Waals surface area contributed by atoms with E-state index in [2.05, 4.69) is 0 Å². The van der Waals surface area contributed by atoms with Crippen LogP contribution in [0.5, 0.6) is 5.75 Å². The first-order valence-electron chi connectivity index (χ1n) is 5.40. The monoisotopic (exact) mass is 348 g/mol. The summed E-state index contributed by atoms with van der Waals surface area (Å²) in [4.78, 5) is 9.19. The van der Waals surface area contributed by atoms with Crippen molar-refractivity contribution in [2.75, 3.05) is 0 Å². The molecule has 0 heterocycles. The molecule has 9 nitrogen and oxygen atoms in total. The number of carboxylic acid groups (broad SMARTS) is 1. The molecule has 0 aromatic heterocycles. The fraction of sp³-hybridized carbons (Fsp3) is 0. The lowest BCUT2D eigenvalue weighted by Crippen LogP contribution is -2.05. The first-order chi connectivity index (χ1) is 9.91. The zero-order chi connectivity index (χ0) is 16.9. The Balaban J connectivity index is 3.05. The standard InChI is InChI=1S/C11H8O9S2/c12-9-2-5-1-6(21(15,16)17)3-10(22(18,19)20)7(5)4-8(9)11(13)14/h1-4,12H,(H,13,14)(H,15,16,17)(H,18,19,20). The molecular formula is C11H8O9S2. The smallest absolute Gasteiger partial charge is 0.339 e. The van der Waals surface area contributed by atoms with Crippen molar-refractivity contribution in [1.82, 2.24) is 0 Å². The van der Waals surface area contributed by atoms with Gasteiger partial charge >= 0.3 is 5.97 Å². The van der Waals surface area contributed by atoms with Gasteiger partial charge in [-0.3, -0.25) is 9.11 Å². The summed E-state index contributed by atoms with van der Waals surface area (Å²) in [6.07, 6.45) is 0. The third-order valence-corrected chi connectivity index (χ3v) is 4.54. The van der Waals surface area contributed by atoms with Crippen LogP contribution in [-0.4, -0.2) is 42.1 Å². The normalized spacial score (nSPS) is 12.5. The summed E-state index contributed by atoms with van der Waals surface area (Å²) in [6, 6.07) is 2.88. The Morgan fingerprint density at radius 1 is 0.909 bits per heavy atom. The molecule has 11 heteroatoms. The van der Waals surface area contributed by atoms with Crippen LogP contribution in [-0.2, 0) is 20.2 Å². The van der Waals surface area contributed by atoms with Crippen LogP contribution in [0.2, 0.25) is 0 Å². The van der Waals surface area contributed by atoms with Gasteiger partial charge < -0.3 is 10.2 Å². The highest BCUT2D eigenvalue weighted by Gasteiger charge is 2.22. The van der Waals surface area contributed by atoms with Gasteiger partial charge in [-0.15, -0.1) is 0 Å². The van der Waals surface area contributed by atoms with Crippen molar-refractivity contribution in [2.45, 2.75) is 9.79 Å². The Morgan fingerprint density at radius 2 is 1.50 bits per heavy atom. The Kier molecular flexibility index (Phi) is 3.61. The predicted molar refractivity (Wildman–Crippen MR) is 72.2 cm³/mol. The molecule has 0 saturated heterocycles. The van der Waals surface area contributed by atoms with Crippen LogP contribution in [0.25, 0.3) is 10.8 Å². The highest BCUT2D eigenvalue weighted by molar-refractivity contribution is 7.86. The molecule has 0 bridgehead atoms. The van der Waals surface area contributed by atoms with Gasteiger partial charge in [-0.05, 0) is 29.7 Å². The number of carbonyl (C=O) groups is 1. The summed E-state index contributed by atoms with van der Waals surface area (Å²) in [5, 5.41) is 17.9. The van der Waals surface area contributed by atoms with Crippen LogP contribution in [0.3, 0.4) is 0 Å². The van der Waals surface area contributed by atoms with Gasteiger partial charge in [0.15, 0.2) is 0 Å². The average molecular weight is 348 g/mol. The zero-order valence-electron chi connectivity index (χ0n) is 10.5. The van der Waals surface area contributed by atoms with Crippen molar-refractivity contribution in [3.63, 3.8) is 0 Å². The van der Waals surface area contributed by atoms with Crippen molar-refractivity contribution in [3.8, 4) is 5.75 Å². The van der Waals surface area contributed by atoms with Crippen LogP contribution in [0.4, 0.5) is 0 Å². The first kappa shape index (κ1) is 16.2. The molecule has 0 aliphatic carbocycles. The molecular weight excluding hydrogens is 340 g/mol. The number of phenols is 1. The van der Waals surface area contributed by atoms with E-state index in [1.807, 2.05) is 0 Å². The summed E-state index contributed by atoms with van der Waals surface area (Å²) in [7, 11) is -9.71. The van der Waals surface area contributed by atoms with E-state index >= 15 is 0 Å². The van der Waals surface area contributed by atoms with E-state index in [9.17, 15) is 26.7 Å². The second kappa shape index (κ2) is 4.91. The lowest BCUT2D eigenvalue weighted by atomic mass is 10.1. The van der Waals surface area contributed by atoms with Gasteiger partial charge in [-0.2, -0.15) is 16.8 Å². The fourth-order valence-electron chi connectivity index (χ4n) is 1.87. The minimum Gasteiger partial charge on any atom is -0.507 e. The molecule has 0 spiro atoms. The van der Waals surface area contributed by atoms with Crippen LogP contribution >= 0.6 is 0 Å². The molecule has 2 aromatic rings. The van der Waals surface area contributed by atoms with Crippen molar-refractivity contribution < 1.29 is 40.9 Å². The molecule has 0 saturated carbocycles. The van der Waals surface area contributed by atoms with Crippen molar-refractivity contribution in [1.29, 1.82) is 0 Å². The topological polar surface area (TPSA) is 166 Å². The third kappa shape index (κ3) is 2.87. The number of fused-ring (bicyclic) bond motifs is 1. The molecule has 118 valence electrons. The minimum absolute atomic E-state index is 0.203. The Labute approximate surface area is 123 Å². The van der Waals surface area contributed by atoms with Gasteiger partial charge in [0.25, 0.3) is 20.2 Å². The van der Waals surface area contributed by atoms with Gasteiger partial charge in [0.05, 0.1) is 4.90 Å². The fourth-order valence-corrected chi connectivity index (χ4v) is 3.22. The molecule has 0 unspecified atom stereocenters. The SMILES string of the molecule is O=C(O)c1cc2c(S(=O)(=O)O)cc(S(=O)(=O)O)cc2cc1O. The quantitative estimate of drug-likeness (QED) is 0.585. The van der Waals surface area contributed by atoms with Gasteiger partial charge in [-0.25, -0.2) is 4.79 Å². The Hall–Kier alpha value is -2.21. The summed E-state index contributed by atoms with van der Waals surface area (Å²) >= 11 is 0. The van der Waals surface area contributed by atoms with Crippen LogP contribution in [0, 0.1) is 0 Å². The van der Waals surface area contributed by atoms with Crippen LogP contribution in [0.1, 0.15) is 10.4 Å².